The second kappa shape index (κ2) is 4.49. The van der Waals surface area contributed by atoms with Gasteiger partial charge in [-0.1, -0.05) is 48.0 Å². The fourth-order valence-electron chi connectivity index (χ4n) is 2.52. The van der Waals surface area contributed by atoms with E-state index in [0.717, 1.165) is 22.2 Å². The van der Waals surface area contributed by atoms with Gasteiger partial charge in [0.05, 0.1) is 0 Å². The summed E-state index contributed by atoms with van der Waals surface area (Å²) < 4.78 is 1.42. The van der Waals surface area contributed by atoms with Gasteiger partial charge in [-0.2, -0.15) is 5.10 Å². The molecule has 2 aromatic carbocycles. The highest BCUT2D eigenvalue weighted by molar-refractivity contribution is 6.05. The molecule has 0 amide bonds. The number of hydrogen-bond donors (Lipinski definition) is 1. The lowest BCUT2D eigenvalue weighted by molar-refractivity contribution is 0.0687. The quantitative estimate of drug-likeness (QED) is 0.774. The molecular weight excluding hydrogens is 252 g/mol. The summed E-state index contributed by atoms with van der Waals surface area (Å²) in [6.45, 7) is 2.03. The van der Waals surface area contributed by atoms with Crippen LogP contribution in [0.1, 0.15) is 16.1 Å². The third-order valence-corrected chi connectivity index (χ3v) is 3.40. The van der Waals surface area contributed by atoms with E-state index in [9.17, 15) is 9.90 Å². The maximum Gasteiger partial charge on any atom is 0.354 e. The molecule has 4 heteroatoms. The van der Waals surface area contributed by atoms with Crippen LogP contribution >= 0.6 is 0 Å². The first kappa shape index (κ1) is 12.4. The van der Waals surface area contributed by atoms with Crippen LogP contribution in [-0.2, 0) is 7.05 Å². The van der Waals surface area contributed by atoms with Gasteiger partial charge in [-0.05, 0) is 12.5 Å². The van der Waals surface area contributed by atoms with Gasteiger partial charge < -0.3 is 5.11 Å². The Morgan fingerprint density at radius 3 is 2.65 bits per heavy atom. The molecule has 0 fully saturated rings. The van der Waals surface area contributed by atoms with Crippen molar-refractivity contribution in [2.75, 3.05) is 0 Å². The Hall–Kier alpha value is -2.62. The smallest absolute Gasteiger partial charge is 0.354 e. The number of hydrogen-bond acceptors (Lipinski definition) is 2. The average Bonchev–Trinajstić information content (AvgIpc) is 2.74. The molecule has 1 N–H and O–H groups in total. The fourth-order valence-corrected chi connectivity index (χ4v) is 2.52. The van der Waals surface area contributed by atoms with E-state index in [4.69, 9.17) is 0 Å². The normalized spacial score (nSPS) is 10.9. The third kappa shape index (κ3) is 1.86. The van der Waals surface area contributed by atoms with Crippen LogP contribution in [0.5, 0.6) is 0 Å². The highest BCUT2D eigenvalue weighted by Gasteiger charge is 2.17. The fraction of sp³-hybridized carbons (Fsp3) is 0.125. The largest absolute Gasteiger partial charge is 0.477 e. The van der Waals surface area contributed by atoms with Gasteiger partial charge in [0, 0.05) is 18.0 Å². The summed E-state index contributed by atoms with van der Waals surface area (Å²) in [5, 5.41) is 14.3. The van der Waals surface area contributed by atoms with E-state index in [0.29, 0.717) is 5.39 Å². The number of carboxylic acid groups (broad SMARTS) is 1. The van der Waals surface area contributed by atoms with E-state index in [1.54, 1.807) is 13.1 Å². The maximum atomic E-state index is 11.3. The number of aryl methyl sites for hydroxylation is 2. The Morgan fingerprint density at radius 1 is 1.20 bits per heavy atom. The SMILES string of the molecule is Cc1cccc(-c2cccc3c(C(=O)O)n(C)nc23)c1. The first-order valence-electron chi connectivity index (χ1n) is 6.34. The highest BCUT2D eigenvalue weighted by atomic mass is 16.4. The second-order valence-corrected chi connectivity index (χ2v) is 4.85. The lowest BCUT2D eigenvalue weighted by Crippen LogP contribution is -2.05. The first-order valence-corrected chi connectivity index (χ1v) is 6.34. The monoisotopic (exact) mass is 266 g/mol. The molecule has 0 spiro atoms. The molecule has 0 aliphatic rings. The highest BCUT2D eigenvalue weighted by Crippen LogP contribution is 2.29. The van der Waals surface area contributed by atoms with Crippen LogP contribution in [0, 0.1) is 6.92 Å². The van der Waals surface area contributed by atoms with E-state index in [-0.39, 0.29) is 5.69 Å². The van der Waals surface area contributed by atoms with E-state index in [1.807, 2.05) is 37.3 Å². The molecule has 0 aliphatic carbocycles. The van der Waals surface area contributed by atoms with Gasteiger partial charge >= 0.3 is 5.97 Å². The Kier molecular flexibility index (Phi) is 2.79. The zero-order valence-electron chi connectivity index (χ0n) is 11.3. The Morgan fingerprint density at radius 2 is 1.95 bits per heavy atom. The molecular formula is C16H14N2O2. The number of carbonyl (C=O) groups is 1. The Bertz CT molecular complexity index is 818. The van der Waals surface area contributed by atoms with Crippen LogP contribution in [0.25, 0.3) is 22.0 Å². The molecule has 4 nitrogen and oxygen atoms in total. The van der Waals surface area contributed by atoms with Crippen molar-refractivity contribution < 1.29 is 9.90 Å². The van der Waals surface area contributed by atoms with Crippen molar-refractivity contribution in [3.63, 3.8) is 0 Å². The van der Waals surface area contributed by atoms with E-state index < -0.39 is 5.97 Å². The number of rotatable bonds is 2. The van der Waals surface area contributed by atoms with Crippen molar-refractivity contribution in [1.29, 1.82) is 0 Å². The summed E-state index contributed by atoms with van der Waals surface area (Å²) in [5.41, 5.74) is 4.10. The molecule has 0 unspecified atom stereocenters. The Labute approximate surface area is 116 Å². The van der Waals surface area contributed by atoms with Crippen molar-refractivity contribution in [1.82, 2.24) is 9.78 Å². The molecule has 0 radical (unpaired) electrons. The second-order valence-electron chi connectivity index (χ2n) is 4.85. The van der Waals surface area contributed by atoms with Crippen LogP contribution in [0.4, 0.5) is 0 Å². The van der Waals surface area contributed by atoms with Crippen molar-refractivity contribution in [3.8, 4) is 11.1 Å². The molecule has 0 saturated carbocycles. The van der Waals surface area contributed by atoms with Gasteiger partial charge in [0.15, 0.2) is 5.69 Å². The molecule has 0 aliphatic heterocycles. The molecule has 0 saturated heterocycles. The van der Waals surface area contributed by atoms with Crippen molar-refractivity contribution in [2.45, 2.75) is 6.92 Å². The summed E-state index contributed by atoms with van der Waals surface area (Å²) in [7, 11) is 1.66. The molecule has 1 heterocycles. The lowest BCUT2D eigenvalue weighted by atomic mass is 10.0. The van der Waals surface area contributed by atoms with Gasteiger partial charge in [-0.25, -0.2) is 4.79 Å². The summed E-state index contributed by atoms with van der Waals surface area (Å²) in [5.74, 6) is -0.962. The Balaban J connectivity index is 2.33. The minimum absolute atomic E-state index is 0.217. The topological polar surface area (TPSA) is 55.1 Å². The number of fused-ring (bicyclic) bond motifs is 1. The van der Waals surface area contributed by atoms with Crippen LogP contribution < -0.4 is 0 Å². The van der Waals surface area contributed by atoms with Crippen LogP contribution in [0.2, 0.25) is 0 Å². The van der Waals surface area contributed by atoms with Crippen molar-refractivity contribution in [3.05, 3.63) is 53.7 Å². The maximum absolute atomic E-state index is 11.3. The zero-order valence-corrected chi connectivity index (χ0v) is 11.3. The number of aromatic carboxylic acids is 1. The zero-order chi connectivity index (χ0) is 14.3. The van der Waals surface area contributed by atoms with Crippen LogP contribution in [0.15, 0.2) is 42.5 Å². The van der Waals surface area contributed by atoms with Gasteiger partial charge in [-0.15, -0.1) is 0 Å². The number of carboxylic acids is 1. The van der Waals surface area contributed by atoms with E-state index >= 15 is 0 Å². The molecule has 1 aromatic heterocycles. The number of benzene rings is 2. The predicted molar refractivity (Wildman–Crippen MR) is 77.8 cm³/mol. The minimum Gasteiger partial charge on any atom is -0.477 e. The molecule has 3 rings (SSSR count). The van der Waals surface area contributed by atoms with Crippen molar-refractivity contribution in [2.24, 2.45) is 7.05 Å². The summed E-state index contributed by atoms with van der Waals surface area (Å²) >= 11 is 0. The molecule has 100 valence electrons. The van der Waals surface area contributed by atoms with E-state index in [2.05, 4.69) is 11.2 Å². The van der Waals surface area contributed by atoms with Gasteiger partial charge in [-0.3, -0.25) is 4.68 Å². The summed E-state index contributed by atoms with van der Waals surface area (Å²) in [6, 6.07) is 13.7. The molecule has 20 heavy (non-hydrogen) atoms. The van der Waals surface area contributed by atoms with Gasteiger partial charge in [0.25, 0.3) is 0 Å². The van der Waals surface area contributed by atoms with Gasteiger partial charge in [0.2, 0.25) is 0 Å². The summed E-state index contributed by atoms with van der Waals surface area (Å²) in [4.78, 5) is 11.3. The third-order valence-electron chi connectivity index (χ3n) is 3.40. The first-order chi connectivity index (χ1) is 9.58. The minimum atomic E-state index is -0.962. The van der Waals surface area contributed by atoms with Crippen LogP contribution in [0.3, 0.4) is 0 Å². The predicted octanol–water partition coefficient (Wildman–Crippen LogP) is 3.25. The summed E-state index contributed by atoms with van der Waals surface area (Å²) in [6.07, 6.45) is 0. The van der Waals surface area contributed by atoms with Crippen LogP contribution in [-0.4, -0.2) is 20.9 Å². The van der Waals surface area contributed by atoms with Gasteiger partial charge in [0.1, 0.15) is 5.52 Å². The average molecular weight is 266 g/mol. The van der Waals surface area contributed by atoms with Crippen molar-refractivity contribution >= 4 is 16.9 Å². The molecule has 3 aromatic rings. The standard InChI is InChI=1S/C16H14N2O2/c1-10-5-3-6-11(9-10)12-7-4-8-13-14(12)17-18(2)15(13)16(19)20/h3-9H,1-2H3,(H,19,20). The molecule has 0 bridgehead atoms. The van der Waals surface area contributed by atoms with E-state index in [1.165, 1.54) is 4.68 Å². The number of nitrogens with zero attached hydrogens (tertiary/aromatic N) is 2. The molecule has 0 atom stereocenters. The number of aromatic nitrogens is 2. The lowest BCUT2D eigenvalue weighted by Gasteiger charge is -2.03.